The Morgan fingerprint density at radius 2 is 1.89 bits per heavy atom. The molecule has 0 atom stereocenters. The summed E-state index contributed by atoms with van der Waals surface area (Å²) in [6, 6.07) is 0. The van der Waals surface area contributed by atoms with Gasteiger partial charge in [-0.25, -0.2) is 4.79 Å². The lowest BCUT2D eigenvalue weighted by molar-refractivity contribution is -0.149. The van der Waals surface area contributed by atoms with Gasteiger partial charge in [-0.3, -0.25) is 9.59 Å². The van der Waals surface area contributed by atoms with E-state index >= 15 is 0 Å². The molecule has 0 heterocycles. The van der Waals surface area contributed by atoms with Gasteiger partial charge in [0.2, 0.25) is 6.29 Å². The Morgan fingerprint density at radius 1 is 1.56 bits per heavy atom. The molecule has 0 aromatic carbocycles. The van der Waals surface area contributed by atoms with Crippen LogP contribution in [0.4, 0.5) is 0 Å². The number of hydrogen-bond donors (Lipinski definition) is 2. The van der Waals surface area contributed by atoms with E-state index in [4.69, 9.17) is 9.90 Å². The molecule has 6 heteroatoms. The molecule has 0 aromatic rings. The maximum absolute atomic E-state index is 9.47. The predicted molar refractivity (Wildman–Crippen MR) is 25.0 cm³/mol. The molecule has 0 aromatic heterocycles. The van der Waals surface area contributed by atoms with Crippen molar-refractivity contribution >= 4 is 18.7 Å². The summed E-state index contributed by atoms with van der Waals surface area (Å²) in [6.45, 7) is -0.250. The third-order valence-electron chi connectivity index (χ3n) is 0.212. The van der Waals surface area contributed by atoms with Gasteiger partial charge in [0.25, 0.3) is 6.47 Å². The average Bonchev–Trinajstić information content (AvgIpc) is 1.88. The minimum atomic E-state index is -1.06. The predicted octanol–water partition coefficient (Wildman–Crippen LogP) is -1.70. The third kappa shape index (κ3) is 20.8. The summed E-state index contributed by atoms with van der Waals surface area (Å²) >= 11 is 0. The Bertz CT molecular complexity index is 100. The van der Waals surface area contributed by atoms with Crippen molar-refractivity contribution in [2.24, 2.45) is 5.90 Å². The summed E-state index contributed by atoms with van der Waals surface area (Å²) in [5.41, 5.74) is 0. The molecular weight excluding hydrogens is 130 g/mol. The molecular formula is C3H5NO5. The summed E-state index contributed by atoms with van der Waals surface area (Å²) in [6.07, 6.45) is -0.0139. The molecule has 0 spiro atoms. The molecule has 0 aliphatic carbocycles. The highest BCUT2D eigenvalue weighted by Crippen LogP contribution is 1.52. The second-order valence-corrected chi connectivity index (χ2v) is 0.660. The Labute approximate surface area is 50.2 Å². The van der Waals surface area contributed by atoms with Crippen LogP contribution in [0.15, 0.2) is 0 Å². The zero-order chi connectivity index (χ0) is 7.70. The van der Waals surface area contributed by atoms with Gasteiger partial charge in [0.05, 0.1) is 0 Å². The van der Waals surface area contributed by atoms with Crippen LogP contribution in [0.3, 0.4) is 0 Å². The first-order valence-electron chi connectivity index (χ1n) is 1.66. The normalized spacial score (nSPS) is 5.89. The molecule has 0 unspecified atom stereocenters. The van der Waals surface area contributed by atoms with E-state index in [2.05, 4.69) is 10.7 Å². The number of aldehydes is 1. The summed E-state index contributed by atoms with van der Waals surface area (Å²) in [5, 5.41) is 6.89. The zero-order valence-electron chi connectivity index (χ0n) is 4.31. The second kappa shape index (κ2) is 9.76. The van der Waals surface area contributed by atoms with E-state index in [1.54, 1.807) is 0 Å². The highest BCUT2D eigenvalue weighted by molar-refractivity contribution is 6.20. The number of hydrogen-bond acceptors (Lipinski definition) is 5. The van der Waals surface area contributed by atoms with Crippen LogP contribution in [0.25, 0.3) is 0 Å². The van der Waals surface area contributed by atoms with Crippen molar-refractivity contribution in [1.82, 2.24) is 0 Å². The van der Waals surface area contributed by atoms with Gasteiger partial charge in [0.15, 0.2) is 0 Å². The van der Waals surface area contributed by atoms with Gasteiger partial charge >= 0.3 is 5.97 Å². The molecule has 0 aliphatic rings. The van der Waals surface area contributed by atoms with Crippen molar-refractivity contribution in [3.63, 3.8) is 0 Å². The molecule has 0 amide bonds. The molecule has 9 heavy (non-hydrogen) atoms. The van der Waals surface area contributed by atoms with E-state index in [0.717, 1.165) is 0 Å². The van der Waals surface area contributed by atoms with Crippen LogP contribution in [0, 0.1) is 0 Å². The molecule has 6 nitrogen and oxygen atoms in total. The van der Waals surface area contributed by atoms with Crippen molar-refractivity contribution in [2.45, 2.75) is 0 Å². The fourth-order valence-electron chi connectivity index (χ4n) is 0.0278. The van der Waals surface area contributed by atoms with Crippen LogP contribution in [0.1, 0.15) is 0 Å². The van der Waals surface area contributed by atoms with Gasteiger partial charge in [-0.1, -0.05) is 0 Å². The van der Waals surface area contributed by atoms with Gasteiger partial charge in [0, 0.05) is 0 Å². The zero-order valence-corrected chi connectivity index (χ0v) is 4.31. The summed E-state index contributed by atoms with van der Waals surface area (Å²) in [5.74, 6) is 3.14. The first-order valence-corrected chi connectivity index (χ1v) is 1.66. The highest BCUT2D eigenvalue weighted by atomic mass is 16.7. The summed E-state index contributed by atoms with van der Waals surface area (Å²) in [4.78, 5) is 30.4. The van der Waals surface area contributed by atoms with Crippen molar-refractivity contribution in [3.8, 4) is 0 Å². The van der Waals surface area contributed by atoms with Crippen molar-refractivity contribution in [2.75, 3.05) is 0 Å². The Morgan fingerprint density at radius 3 is 1.89 bits per heavy atom. The number of nitrogens with two attached hydrogens (primary N) is 1. The SMILES string of the molecule is NOC(=O)C=O.O=CO. The van der Waals surface area contributed by atoms with E-state index in [-0.39, 0.29) is 12.8 Å². The van der Waals surface area contributed by atoms with Gasteiger partial charge in [-0.15, -0.1) is 0 Å². The van der Waals surface area contributed by atoms with E-state index < -0.39 is 5.97 Å². The smallest absolute Gasteiger partial charge is 0.389 e. The monoisotopic (exact) mass is 135 g/mol. The number of carbonyl (C=O) groups is 3. The van der Waals surface area contributed by atoms with Crippen molar-refractivity contribution < 1.29 is 24.3 Å². The molecule has 52 valence electrons. The van der Waals surface area contributed by atoms with Crippen LogP contribution in [0.2, 0.25) is 0 Å². The van der Waals surface area contributed by atoms with E-state index in [0.29, 0.717) is 0 Å². The molecule has 0 rings (SSSR count). The van der Waals surface area contributed by atoms with Crippen LogP contribution in [0.5, 0.6) is 0 Å². The Balaban J connectivity index is 0. The minimum Gasteiger partial charge on any atom is -0.483 e. The number of carbonyl (C=O) groups excluding carboxylic acids is 2. The van der Waals surface area contributed by atoms with Crippen molar-refractivity contribution in [1.29, 1.82) is 0 Å². The van der Waals surface area contributed by atoms with Gasteiger partial charge < -0.3 is 9.94 Å². The van der Waals surface area contributed by atoms with E-state index in [1.807, 2.05) is 0 Å². The number of rotatable bonds is 1. The Kier molecular flexibility index (Phi) is 11.4. The average molecular weight is 135 g/mol. The van der Waals surface area contributed by atoms with E-state index in [1.165, 1.54) is 0 Å². The molecule has 0 radical (unpaired) electrons. The van der Waals surface area contributed by atoms with Crippen LogP contribution < -0.4 is 5.90 Å². The lowest BCUT2D eigenvalue weighted by Gasteiger charge is -1.78. The molecule has 3 N–H and O–H groups in total. The summed E-state index contributed by atoms with van der Waals surface area (Å²) in [7, 11) is 0. The third-order valence-corrected chi connectivity index (χ3v) is 0.212. The first-order chi connectivity index (χ1) is 4.22. The van der Waals surface area contributed by atoms with Gasteiger partial charge in [0.1, 0.15) is 0 Å². The topological polar surface area (TPSA) is 107 Å². The van der Waals surface area contributed by atoms with E-state index in [9.17, 15) is 9.59 Å². The van der Waals surface area contributed by atoms with Gasteiger partial charge in [-0.2, -0.15) is 5.90 Å². The molecule has 0 saturated heterocycles. The van der Waals surface area contributed by atoms with Gasteiger partial charge in [-0.05, 0) is 0 Å². The van der Waals surface area contributed by atoms with Crippen molar-refractivity contribution in [3.05, 3.63) is 0 Å². The summed E-state index contributed by atoms with van der Waals surface area (Å²) < 4.78 is 0. The first kappa shape index (κ1) is 10.5. The minimum absolute atomic E-state index is 0.0139. The fraction of sp³-hybridized carbons (Fsp3) is 0. The molecule has 0 fully saturated rings. The lowest BCUT2D eigenvalue weighted by atomic mass is 10.8. The fourth-order valence-corrected chi connectivity index (χ4v) is 0.0278. The van der Waals surface area contributed by atoms with Crippen LogP contribution in [-0.4, -0.2) is 23.8 Å². The second-order valence-electron chi connectivity index (χ2n) is 0.660. The highest BCUT2D eigenvalue weighted by Gasteiger charge is 1.89. The van der Waals surface area contributed by atoms with Crippen LogP contribution in [-0.2, 0) is 19.2 Å². The molecule has 0 bridgehead atoms. The standard InChI is InChI=1S/C2H3NO3.CH2O2/c3-6-2(5)1-4;2-1-3/h1H,3H2;1H,(H,2,3). The largest absolute Gasteiger partial charge is 0.483 e. The number of carboxylic acid groups (broad SMARTS) is 1. The molecule has 0 aliphatic heterocycles. The quantitative estimate of drug-likeness (QED) is 0.252. The maximum atomic E-state index is 9.47. The Hall–Kier alpha value is -1.43. The molecule has 0 saturated carbocycles. The van der Waals surface area contributed by atoms with Crippen LogP contribution >= 0.6 is 0 Å². The lowest BCUT2D eigenvalue weighted by Crippen LogP contribution is -2.09. The maximum Gasteiger partial charge on any atom is 0.389 e.